The van der Waals surface area contributed by atoms with Crippen molar-refractivity contribution in [2.75, 3.05) is 0 Å². The Morgan fingerprint density at radius 1 is 1.00 bits per heavy atom. The fraction of sp³-hybridized carbons (Fsp3) is 0.455. The Morgan fingerprint density at radius 2 is 1.50 bits per heavy atom. The van der Waals surface area contributed by atoms with Crippen molar-refractivity contribution >= 4 is 0 Å². The van der Waals surface area contributed by atoms with E-state index in [0.29, 0.717) is 11.8 Å². The molecule has 1 nitrogen and oxygen atoms in total. The first-order valence-corrected chi connectivity index (χ1v) is 4.65. The molecule has 2 bridgehead atoms. The standard InChI is InChI=1S/C11H12O/c12-11-9-5-6-10(11)8-4-2-1-3-7(8)9/h1-4,9-12H,5-6H2/t9-,10-/m1/s1. The number of fused-ring (bicyclic) bond motifs is 5. The maximum atomic E-state index is 9.85. The normalized spacial score (nSPS) is 36.9. The minimum Gasteiger partial charge on any atom is -0.392 e. The van der Waals surface area contributed by atoms with Gasteiger partial charge in [-0.15, -0.1) is 0 Å². The fourth-order valence-corrected chi connectivity index (χ4v) is 2.85. The predicted octanol–water partition coefficient (Wildman–Crippen LogP) is 2.02. The number of hydrogen-bond donors (Lipinski definition) is 1. The van der Waals surface area contributed by atoms with Crippen molar-refractivity contribution < 1.29 is 5.11 Å². The quantitative estimate of drug-likeness (QED) is 0.615. The molecule has 0 unspecified atom stereocenters. The van der Waals surface area contributed by atoms with E-state index in [0.717, 1.165) is 0 Å². The van der Waals surface area contributed by atoms with E-state index in [2.05, 4.69) is 24.3 Å². The first-order valence-electron chi connectivity index (χ1n) is 4.65. The van der Waals surface area contributed by atoms with Gasteiger partial charge in [0.2, 0.25) is 0 Å². The first kappa shape index (κ1) is 6.67. The van der Waals surface area contributed by atoms with Gasteiger partial charge in [-0.05, 0) is 24.0 Å². The number of aliphatic hydroxyl groups is 1. The van der Waals surface area contributed by atoms with Crippen molar-refractivity contribution in [3.05, 3.63) is 35.4 Å². The highest BCUT2D eigenvalue weighted by Crippen LogP contribution is 2.52. The summed E-state index contributed by atoms with van der Waals surface area (Å²) in [4.78, 5) is 0. The van der Waals surface area contributed by atoms with Gasteiger partial charge >= 0.3 is 0 Å². The number of benzene rings is 1. The molecule has 0 spiro atoms. The van der Waals surface area contributed by atoms with E-state index in [4.69, 9.17) is 0 Å². The SMILES string of the molecule is OC1[C@@H]2CC[C@@H]1c1ccccc12. The Hall–Kier alpha value is -0.820. The summed E-state index contributed by atoms with van der Waals surface area (Å²) in [6.45, 7) is 0. The largest absolute Gasteiger partial charge is 0.392 e. The minimum atomic E-state index is -0.0811. The maximum absolute atomic E-state index is 9.85. The van der Waals surface area contributed by atoms with E-state index in [-0.39, 0.29) is 6.10 Å². The van der Waals surface area contributed by atoms with E-state index < -0.39 is 0 Å². The second-order valence-electron chi connectivity index (χ2n) is 3.91. The number of aliphatic hydroxyl groups excluding tert-OH is 1. The van der Waals surface area contributed by atoms with Gasteiger partial charge in [0.15, 0.2) is 0 Å². The van der Waals surface area contributed by atoms with Crippen LogP contribution >= 0.6 is 0 Å². The van der Waals surface area contributed by atoms with Crippen LogP contribution in [0.25, 0.3) is 0 Å². The monoisotopic (exact) mass is 160 g/mol. The summed E-state index contributed by atoms with van der Waals surface area (Å²) in [5, 5.41) is 9.85. The van der Waals surface area contributed by atoms with Gasteiger partial charge in [-0.2, -0.15) is 0 Å². The average Bonchev–Trinajstić information content (AvgIpc) is 2.61. The summed E-state index contributed by atoms with van der Waals surface area (Å²) in [5.74, 6) is 0.900. The molecular formula is C11H12O. The zero-order valence-electron chi connectivity index (χ0n) is 6.90. The molecule has 1 aromatic carbocycles. The molecule has 62 valence electrons. The minimum absolute atomic E-state index is 0.0811. The van der Waals surface area contributed by atoms with Crippen molar-refractivity contribution in [1.29, 1.82) is 0 Å². The molecule has 1 saturated carbocycles. The molecule has 1 N–H and O–H groups in total. The second kappa shape index (κ2) is 2.11. The number of hydrogen-bond acceptors (Lipinski definition) is 1. The van der Waals surface area contributed by atoms with Gasteiger partial charge in [-0.3, -0.25) is 0 Å². The van der Waals surface area contributed by atoms with Crippen LogP contribution in [0.2, 0.25) is 0 Å². The number of rotatable bonds is 0. The van der Waals surface area contributed by atoms with Crippen molar-refractivity contribution in [3.8, 4) is 0 Å². The summed E-state index contributed by atoms with van der Waals surface area (Å²) in [6, 6.07) is 8.49. The third-order valence-electron chi connectivity index (χ3n) is 3.41. The zero-order valence-corrected chi connectivity index (χ0v) is 6.90. The first-order chi connectivity index (χ1) is 5.88. The Bertz CT molecular complexity index is 288. The van der Waals surface area contributed by atoms with Gasteiger partial charge in [0.25, 0.3) is 0 Å². The van der Waals surface area contributed by atoms with Crippen LogP contribution in [-0.4, -0.2) is 11.2 Å². The molecule has 0 heterocycles. The van der Waals surface area contributed by atoms with E-state index in [9.17, 15) is 5.11 Å². The Morgan fingerprint density at radius 3 is 2.00 bits per heavy atom. The lowest BCUT2D eigenvalue weighted by atomic mass is 9.92. The van der Waals surface area contributed by atoms with Crippen LogP contribution in [0.3, 0.4) is 0 Å². The van der Waals surface area contributed by atoms with Crippen LogP contribution in [0.1, 0.15) is 35.8 Å². The fourth-order valence-electron chi connectivity index (χ4n) is 2.85. The molecule has 3 rings (SSSR count). The molecule has 1 heteroatoms. The van der Waals surface area contributed by atoms with Crippen molar-refractivity contribution in [2.24, 2.45) is 0 Å². The molecule has 2 aliphatic carbocycles. The highest BCUT2D eigenvalue weighted by atomic mass is 16.3. The third-order valence-corrected chi connectivity index (χ3v) is 3.41. The average molecular weight is 160 g/mol. The molecule has 1 aromatic rings. The molecule has 12 heavy (non-hydrogen) atoms. The Balaban J connectivity index is 2.21. The lowest BCUT2D eigenvalue weighted by Crippen LogP contribution is -2.08. The highest BCUT2D eigenvalue weighted by molar-refractivity contribution is 5.43. The van der Waals surface area contributed by atoms with Crippen LogP contribution in [0, 0.1) is 0 Å². The van der Waals surface area contributed by atoms with Gasteiger partial charge in [0.1, 0.15) is 0 Å². The maximum Gasteiger partial charge on any atom is 0.0677 e. The van der Waals surface area contributed by atoms with Crippen LogP contribution in [0.15, 0.2) is 24.3 Å². The molecule has 0 amide bonds. The van der Waals surface area contributed by atoms with E-state index >= 15 is 0 Å². The van der Waals surface area contributed by atoms with Gasteiger partial charge in [-0.25, -0.2) is 0 Å². The topological polar surface area (TPSA) is 20.2 Å². The second-order valence-corrected chi connectivity index (χ2v) is 3.91. The van der Waals surface area contributed by atoms with Gasteiger partial charge in [-0.1, -0.05) is 24.3 Å². The molecule has 0 radical (unpaired) electrons. The summed E-state index contributed by atoms with van der Waals surface area (Å²) in [7, 11) is 0. The molecule has 0 saturated heterocycles. The van der Waals surface area contributed by atoms with Crippen molar-refractivity contribution in [2.45, 2.75) is 30.8 Å². The molecule has 0 aliphatic heterocycles. The van der Waals surface area contributed by atoms with Gasteiger partial charge in [0.05, 0.1) is 6.10 Å². The summed E-state index contributed by atoms with van der Waals surface area (Å²) < 4.78 is 0. The molecule has 1 fully saturated rings. The van der Waals surface area contributed by atoms with Crippen LogP contribution in [-0.2, 0) is 0 Å². The van der Waals surface area contributed by atoms with E-state index in [1.165, 1.54) is 24.0 Å². The highest BCUT2D eigenvalue weighted by Gasteiger charge is 2.44. The Labute approximate surface area is 72.0 Å². The lowest BCUT2D eigenvalue weighted by Gasteiger charge is -2.12. The third kappa shape index (κ3) is 0.632. The van der Waals surface area contributed by atoms with Crippen LogP contribution in [0.4, 0.5) is 0 Å². The predicted molar refractivity (Wildman–Crippen MR) is 47.2 cm³/mol. The summed E-state index contributed by atoms with van der Waals surface area (Å²) in [6.07, 6.45) is 2.29. The van der Waals surface area contributed by atoms with Crippen molar-refractivity contribution in [3.63, 3.8) is 0 Å². The molecular weight excluding hydrogens is 148 g/mol. The summed E-state index contributed by atoms with van der Waals surface area (Å²) in [5.41, 5.74) is 2.81. The lowest BCUT2D eigenvalue weighted by molar-refractivity contribution is 0.159. The van der Waals surface area contributed by atoms with Crippen LogP contribution < -0.4 is 0 Å². The van der Waals surface area contributed by atoms with E-state index in [1.54, 1.807) is 0 Å². The zero-order chi connectivity index (χ0) is 8.13. The Kier molecular flexibility index (Phi) is 1.17. The van der Waals surface area contributed by atoms with Gasteiger partial charge in [0, 0.05) is 11.8 Å². The molecule has 2 aliphatic rings. The molecule has 0 aromatic heterocycles. The van der Waals surface area contributed by atoms with Gasteiger partial charge < -0.3 is 5.11 Å². The van der Waals surface area contributed by atoms with Crippen LogP contribution in [0.5, 0.6) is 0 Å². The smallest absolute Gasteiger partial charge is 0.0677 e. The van der Waals surface area contributed by atoms with E-state index in [1.807, 2.05) is 0 Å². The van der Waals surface area contributed by atoms with Crippen molar-refractivity contribution in [1.82, 2.24) is 0 Å². The summed E-state index contributed by atoms with van der Waals surface area (Å²) >= 11 is 0. The molecule has 2 atom stereocenters.